The minimum Gasteiger partial charge on any atom is -0.315 e. The maximum absolute atomic E-state index is 12.4. The summed E-state index contributed by atoms with van der Waals surface area (Å²) in [7, 11) is 0. The van der Waals surface area contributed by atoms with Crippen molar-refractivity contribution in [3.05, 3.63) is 0 Å². The van der Waals surface area contributed by atoms with Crippen molar-refractivity contribution in [3.63, 3.8) is 0 Å². The molecule has 1 heterocycles. The second-order valence-electron chi connectivity index (χ2n) is 5.26. The Morgan fingerprint density at radius 1 is 1.24 bits per heavy atom. The smallest absolute Gasteiger partial charge is 0.315 e. The fourth-order valence-corrected chi connectivity index (χ4v) is 2.11. The lowest BCUT2D eigenvalue weighted by Gasteiger charge is -2.32. The molecule has 0 bridgehead atoms. The molecular weight excluding hydrogens is 229 g/mol. The minimum absolute atomic E-state index is 0.258. The van der Waals surface area contributed by atoms with Crippen molar-refractivity contribution in [2.24, 2.45) is 11.8 Å². The number of nitrogens with zero attached hydrogens (tertiary/aromatic N) is 1. The Morgan fingerprint density at radius 3 is 2.29 bits per heavy atom. The molecule has 0 aromatic heterocycles. The molecule has 5 heteroatoms. The van der Waals surface area contributed by atoms with Crippen LogP contribution >= 0.6 is 0 Å². The van der Waals surface area contributed by atoms with Crippen LogP contribution in [0.25, 0.3) is 0 Å². The number of halogens is 3. The van der Waals surface area contributed by atoms with Gasteiger partial charge in [0.05, 0.1) is 5.92 Å². The van der Waals surface area contributed by atoms with Gasteiger partial charge in [-0.2, -0.15) is 13.2 Å². The van der Waals surface area contributed by atoms with Gasteiger partial charge in [-0.1, -0.05) is 13.8 Å². The molecule has 0 aliphatic carbocycles. The Balaban J connectivity index is 2.11. The number of nitrogens with one attached hydrogen (secondary N) is 1. The molecule has 0 spiro atoms. The molecule has 0 aromatic carbocycles. The van der Waals surface area contributed by atoms with Crippen LogP contribution in [0.2, 0.25) is 0 Å². The van der Waals surface area contributed by atoms with Gasteiger partial charge in [0.1, 0.15) is 0 Å². The molecule has 0 radical (unpaired) electrons. The molecular formula is C12H23F3N2. The molecule has 0 aromatic rings. The van der Waals surface area contributed by atoms with Gasteiger partial charge in [0.15, 0.2) is 0 Å². The third-order valence-electron chi connectivity index (χ3n) is 3.21. The third-order valence-corrected chi connectivity index (χ3v) is 3.21. The fraction of sp³-hybridized carbons (Fsp3) is 1.00. The predicted molar refractivity (Wildman–Crippen MR) is 62.9 cm³/mol. The zero-order chi connectivity index (χ0) is 12.9. The molecule has 102 valence electrons. The lowest BCUT2D eigenvalue weighted by molar-refractivity contribution is -0.184. The van der Waals surface area contributed by atoms with Crippen molar-refractivity contribution in [1.29, 1.82) is 0 Å². The van der Waals surface area contributed by atoms with Gasteiger partial charge in [-0.15, -0.1) is 0 Å². The quantitative estimate of drug-likeness (QED) is 0.756. The lowest BCUT2D eigenvalue weighted by atomic mass is 9.96. The molecule has 1 saturated heterocycles. The molecule has 1 aliphatic rings. The molecule has 2 nitrogen and oxygen atoms in total. The van der Waals surface area contributed by atoms with E-state index < -0.39 is 12.1 Å². The molecule has 1 rings (SSSR count). The van der Waals surface area contributed by atoms with Crippen LogP contribution in [0.5, 0.6) is 0 Å². The molecule has 0 amide bonds. The highest BCUT2D eigenvalue weighted by atomic mass is 19.4. The standard InChI is InChI=1S/C12H23F3N2/c1-10(2)9-16-5-8-17-6-3-11(4-7-17)12(13,14)15/h10-11,16H,3-9H2,1-2H3. The average molecular weight is 252 g/mol. The van der Waals surface area contributed by atoms with Crippen LogP contribution in [0.3, 0.4) is 0 Å². The third kappa shape index (κ3) is 5.73. The van der Waals surface area contributed by atoms with E-state index in [9.17, 15) is 13.2 Å². The zero-order valence-electron chi connectivity index (χ0n) is 10.7. The zero-order valence-corrected chi connectivity index (χ0v) is 10.7. The van der Waals surface area contributed by atoms with Crippen LogP contribution in [-0.4, -0.2) is 43.8 Å². The van der Waals surface area contributed by atoms with Gasteiger partial charge in [0, 0.05) is 13.1 Å². The van der Waals surface area contributed by atoms with Crippen LogP contribution in [0.1, 0.15) is 26.7 Å². The van der Waals surface area contributed by atoms with E-state index in [0.29, 0.717) is 19.0 Å². The summed E-state index contributed by atoms with van der Waals surface area (Å²) < 4.78 is 37.3. The number of hydrogen-bond acceptors (Lipinski definition) is 2. The minimum atomic E-state index is -4.00. The average Bonchev–Trinajstić information content (AvgIpc) is 2.23. The van der Waals surface area contributed by atoms with Crippen LogP contribution in [0.4, 0.5) is 13.2 Å². The Morgan fingerprint density at radius 2 is 1.82 bits per heavy atom. The van der Waals surface area contributed by atoms with Crippen molar-refractivity contribution in [2.45, 2.75) is 32.9 Å². The molecule has 1 aliphatic heterocycles. The van der Waals surface area contributed by atoms with E-state index >= 15 is 0 Å². The van der Waals surface area contributed by atoms with E-state index in [1.54, 1.807) is 0 Å². The summed E-state index contributed by atoms with van der Waals surface area (Å²) in [5.74, 6) is -0.465. The second-order valence-corrected chi connectivity index (χ2v) is 5.26. The highest BCUT2D eigenvalue weighted by Crippen LogP contribution is 2.33. The lowest BCUT2D eigenvalue weighted by Crippen LogP contribution is -2.42. The summed E-state index contributed by atoms with van der Waals surface area (Å²) in [6.07, 6.45) is -3.48. The van der Waals surface area contributed by atoms with Gasteiger partial charge in [0.2, 0.25) is 0 Å². The van der Waals surface area contributed by atoms with Crippen LogP contribution in [0.15, 0.2) is 0 Å². The highest BCUT2D eigenvalue weighted by Gasteiger charge is 2.40. The van der Waals surface area contributed by atoms with Gasteiger partial charge in [-0.25, -0.2) is 0 Å². The molecule has 17 heavy (non-hydrogen) atoms. The number of piperidine rings is 1. The first kappa shape index (κ1) is 14.8. The Bertz CT molecular complexity index is 208. The topological polar surface area (TPSA) is 15.3 Å². The summed E-state index contributed by atoms with van der Waals surface area (Å²) in [4.78, 5) is 2.12. The predicted octanol–water partition coefficient (Wildman–Crippen LogP) is 2.51. The first-order chi connectivity index (χ1) is 7.89. The van der Waals surface area contributed by atoms with Gasteiger partial charge in [0.25, 0.3) is 0 Å². The molecule has 0 atom stereocenters. The first-order valence-electron chi connectivity index (χ1n) is 6.39. The van der Waals surface area contributed by atoms with Crippen molar-refractivity contribution in [3.8, 4) is 0 Å². The van der Waals surface area contributed by atoms with E-state index in [1.807, 2.05) is 0 Å². The van der Waals surface area contributed by atoms with Crippen LogP contribution < -0.4 is 5.32 Å². The van der Waals surface area contributed by atoms with E-state index in [1.165, 1.54) is 0 Å². The number of alkyl halides is 3. The maximum Gasteiger partial charge on any atom is 0.391 e. The molecule has 1 fully saturated rings. The summed E-state index contributed by atoms with van der Waals surface area (Å²) in [6, 6.07) is 0. The molecule has 0 saturated carbocycles. The van der Waals surface area contributed by atoms with E-state index in [0.717, 1.165) is 19.6 Å². The largest absolute Gasteiger partial charge is 0.391 e. The van der Waals surface area contributed by atoms with E-state index in [-0.39, 0.29) is 12.8 Å². The van der Waals surface area contributed by atoms with Crippen molar-refractivity contribution in [2.75, 3.05) is 32.7 Å². The number of hydrogen-bond donors (Lipinski definition) is 1. The normalized spacial score (nSPS) is 20.1. The van der Waals surface area contributed by atoms with Crippen molar-refractivity contribution < 1.29 is 13.2 Å². The van der Waals surface area contributed by atoms with Crippen LogP contribution in [0, 0.1) is 11.8 Å². The molecule has 1 N–H and O–H groups in total. The number of rotatable bonds is 5. The SMILES string of the molecule is CC(C)CNCCN1CCC(C(F)(F)F)CC1. The fourth-order valence-electron chi connectivity index (χ4n) is 2.11. The summed E-state index contributed by atoms with van der Waals surface area (Å²) >= 11 is 0. The monoisotopic (exact) mass is 252 g/mol. The summed E-state index contributed by atoms with van der Waals surface area (Å²) in [6.45, 7) is 8.13. The second kappa shape index (κ2) is 6.59. The van der Waals surface area contributed by atoms with Gasteiger partial charge in [-0.05, 0) is 38.4 Å². The van der Waals surface area contributed by atoms with Gasteiger partial charge < -0.3 is 10.2 Å². The van der Waals surface area contributed by atoms with Crippen molar-refractivity contribution >= 4 is 0 Å². The Hall–Kier alpha value is -0.290. The Labute approximate surface area is 102 Å². The molecule has 0 unspecified atom stereocenters. The summed E-state index contributed by atoms with van der Waals surface area (Å²) in [5.41, 5.74) is 0. The highest BCUT2D eigenvalue weighted by molar-refractivity contribution is 4.77. The van der Waals surface area contributed by atoms with Gasteiger partial charge in [-0.3, -0.25) is 0 Å². The Kier molecular flexibility index (Phi) is 5.73. The van der Waals surface area contributed by atoms with E-state index in [2.05, 4.69) is 24.1 Å². The summed E-state index contributed by atoms with van der Waals surface area (Å²) in [5, 5.41) is 3.31. The van der Waals surface area contributed by atoms with Gasteiger partial charge >= 0.3 is 6.18 Å². The first-order valence-corrected chi connectivity index (χ1v) is 6.39. The maximum atomic E-state index is 12.4. The van der Waals surface area contributed by atoms with E-state index in [4.69, 9.17) is 0 Å². The number of likely N-dealkylation sites (tertiary alicyclic amines) is 1. The van der Waals surface area contributed by atoms with Crippen LogP contribution in [-0.2, 0) is 0 Å². The van der Waals surface area contributed by atoms with Crippen molar-refractivity contribution in [1.82, 2.24) is 10.2 Å².